The number of ether oxygens (including phenoxy) is 1. The predicted molar refractivity (Wildman–Crippen MR) is 141 cm³/mol. The van der Waals surface area contributed by atoms with Crippen LogP contribution in [0.3, 0.4) is 0 Å². The van der Waals surface area contributed by atoms with E-state index in [9.17, 15) is 18.9 Å². The molecule has 0 aliphatic heterocycles. The summed E-state index contributed by atoms with van der Waals surface area (Å²) in [5.74, 6) is -0.574. The number of carboxylic acid groups (broad SMARTS) is 1. The quantitative estimate of drug-likeness (QED) is 0.253. The molecule has 8 nitrogen and oxygen atoms in total. The van der Waals surface area contributed by atoms with Gasteiger partial charge in [0.2, 0.25) is 0 Å². The number of carboxylic acids is 1. The summed E-state index contributed by atoms with van der Waals surface area (Å²) in [6.45, 7) is 2.68. The van der Waals surface area contributed by atoms with Crippen LogP contribution in [0.1, 0.15) is 37.8 Å². The van der Waals surface area contributed by atoms with E-state index in [0.717, 1.165) is 29.5 Å². The number of hydrogen-bond donors (Lipinski definition) is 4. The van der Waals surface area contributed by atoms with Crippen LogP contribution in [0.5, 0.6) is 5.75 Å². The molecule has 0 saturated heterocycles. The smallest absolute Gasteiger partial charge is 0.319 e. The van der Waals surface area contributed by atoms with Gasteiger partial charge in [-0.15, -0.1) is 0 Å². The summed E-state index contributed by atoms with van der Waals surface area (Å²) in [7, 11) is -0.252. The van der Waals surface area contributed by atoms with Gasteiger partial charge >= 0.3 is 12.0 Å². The Morgan fingerprint density at radius 3 is 2.33 bits per heavy atom. The van der Waals surface area contributed by atoms with E-state index in [0.29, 0.717) is 22.9 Å². The van der Waals surface area contributed by atoms with Gasteiger partial charge in [0.1, 0.15) is 16.7 Å². The van der Waals surface area contributed by atoms with Crippen molar-refractivity contribution >= 4 is 28.7 Å². The van der Waals surface area contributed by atoms with Crippen molar-refractivity contribution in [3.63, 3.8) is 0 Å². The second-order valence-electron chi connectivity index (χ2n) is 8.13. The minimum Gasteiger partial charge on any atom is -0.495 e. The van der Waals surface area contributed by atoms with E-state index in [2.05, 4.69) is 22.3 Å². The Morgan fingerprint density at radius 1 is 1.00 bits per heavy atom. The summed E-state index contributed by atoms with van der Waals surface area (Å²) in [6, 6.07) is 20.8. The topological polar surface area (TPSA) is 117 Å². The number of amides is 2. The predicted octanol–water partition coefficient (Wildman–Crippen LogP) is 5.11. The maximum atomic E-state index is 13.3. The lowest BCUT2D eigenvalue weighted by Gasteiger charge is -2.18. The Balaban J connectivity index is 1.78. The number of urea groups is 1. The van der Waals surface area contributed by atoms with Crippen LogP contribution < -0.4 is 20.1 Å². The van der Waals surface area contributed by atoms with E-state index in [1.807, 2.05) is 36.4 Å². The Bertz CT molecular complexity index is 1190. The number of methoxy groups -OCH3 is 1. The normalized spacial score (nSPS) is 12.4. The molecule has 3 rings (SSSR count). The van der Waals surface area contributed by atoms with E-state index < -0.39 is 23.0 Å². The minimum absolute atomic E-state index is 0.224. The number of hydrogen-bond acceptors (Lipinski definition) is 4. The Hall–Kier alpha value is -3.69. The summed E-state index contributed by atoms with van der Waals surface area (Å²) < 4.78 is 21.7. The maximum Gasteiger partial charge on any atom is 0.319 e. The van der Waals surface area contributed by atoms with E-state index in [4.69, 9.17) is 4.74 Å². The van der Waals surface area contributed by atoms with Crippen LogP contribution in [-0.2, 0) is 15.8 Å². The number of rotatable bonds is 12. The van der Waals surface area contributed by atoms with Crippen LogP contribution in [0.25, 0.3) is 11.1 Å². The molecule has 36 heavy (non-hydrogen) atoms. The van der Waals surface area contributed by atoms with Gasteiger partial charge in [0, 0.05) is 12.2 Å². The molecule has 190 valence electrons. The molecule has 0 fully saturated rings. The highest BCUT2D eigenvalue weighted by atomic mass is 32.2. The van der Waals surface area contributed by atoms with Crippen molar-refractivity contribution < 1.29 is 23.6 Å². The standard InChI is InChI=1S/C27H31N3O5S/c1-3-4-16-28-27(33)29-22-13-10-19(11-14-22)21-12-15-24(35-2)25(17-21)36(34)30-23(18-26(31)32)20-8-6-5-7-9-20/h5-15,17,23,30H,3-4,16,18H2,1-2H3,(H,31,32)(H2,28,29,33). The van der Waals surface area contributed by atoms with Crippen LogP contribution in [0.4, 0.5) is 10.5 Å². The second kappa shape index (κ2) is 13.4. The van der Waals surface area contributed by atoms with E-state index in [-0.39, 0.29) is 12.5 Å². The molecule has 4 N–H and O–H groups in total. The Labute approximate surface area is 213 Å². The fraction of sp³-hybridized carbons (Fsp3) is 0.259. The molecule has 9 heteroatoms. The first-order valence-corrected chi connectivity index (χ1v) is 12.8. The molecule has 0 aliphatic rings. The third-order valence-corrected chi connectivity index (χ3v) is 6.70. The molecule has 2 amide bonds. The third-order valence-electron chi connectivity index (χ3n) is 5.49. The van der Waals surface area contributed by atoms with E-state index >= 15 is 0 Å². The molecule has 0 saturated carbocycles. The SMILES string of the molecule is CCCCNC(=O)Nc1ccc(-c2ccc(OC)c(S(=O)NC(CC(=O)O)c3ccccc3)c2)cc1. The highest BCUT2D eigenvalue weighted by molar-refractivity contribution is 7.83. The Morgan fingerprint density at radius 2 is 1.69 bits per heavy atom. The largest absolute Gasteiger partial charge is 0.495 e. The van der Waals surface area contributed by atoms with Crippen LogP contribution in [-0.4, -0.2) is 35.0 Å². The van der Waals surface area contributed by atoms with Crippen molar-refractivity contribution in [3.05, 3.63) is 78.4 Å². The lowest BCUT2D eigenvalue weighted by Crippen LogP contribution is -2.29. The molecule has 0 heterocycles. The number of nitrogens with one attached hydrogen (secondary N) is 3. The number of anilines is 1. The van der Waals surface area contributed by atoms with E-state index in [1.54, 1.807) is 36.4 Å². The first kappa shape index (κ1) is 26.9. The number of aliphatic carboxylic acids is 1. The van der Waals surface area contributed by atoms with Crippen LogP contribution in [0.15, 0.2) is 77.7 Å². The molecule has 3 aromatic carbocycles. The molecule has 3 aromatic rings. The number of benzene rings is 3. The van der Waals surface area contributed by atoms with Crippen molar-refractivity contribution in [1.82, 2.24) is 10.0 Å². The van der Waals surface area contributed by atoms with Gasteiger partial charge in [-0.25, -0.2) is 13.7 Å². The molecule has 0 bridgehead atoms. The van der Waals surface area contributed by atoms with Crippen molar-refractivity contribution in [2.45, 2.75) is 37.1 Å². The fourth-order valence-electron chi connectivity index (χ4n) is 3.58. The van der Waals surface area contributed by atoms with Crippen LogP contribution in [0, 0.1) is 0 Å². The van der Waals surface area contributed by atoms with Gasteiger partial charge in [-0.1, -0.05) is 61.9 Å². The highest BCUT2D eigenvalue weighted by Crippen LogP contribution is 2.30. The zero-order chi connectivity index (χ0) is 25.9. The lowest BCUT2D eigenvalue weighted by molar-refractivity contribution is -0.137. The summed E-state index contributed by atoms with van der Waals surface area (Å²) in [5, 5.41) is 15.0. The molecule has 0 aliphatic carbocycles. The first-order valence-electron chi connectivity index (χ1n) is 11.7. The summed E-state index contributed by atoms with van der Waals surface area (Å²) in [5.41, 5.74) is 3.05. The van der Waals surface area contributed by atoms with Crippen molar-refractivity contribution in [2.75, 3.05) is 19.0 Å². The summed E-state index contributed by atoms with van der Waals surface area (Å²) in [6.07, 6.45) is 1.70. The highest BCUT2D eigenvalue weighted by Gasteiger charge is 2.21. The van der Waals surface area contributed by atoms with Gasteiger partial charge < -0.3 is 20.5 Å². The minimum atomic E-state index is -1.75. The van der Waals surface area contributed by atoms with Gasteiger partial charge in [0.05, 0.1) is 24.5 Å². The summed E-state index contributed by atoms with van der Waals surface area (Å²) >= 11 is 0. The first-order chi connectivity index (χ1) is 17.4. The van der Waals surface area contributed by atoms with Gasteiger partial charge in [-0.2, -0.15) is 0 Å². The van der Waals surface area contributed by atoms with Crippen LogP contribution >= 0.6 is 0 Å². The average Bonchev–Trinajstić information content (AvgIpc) is 2.88. The van der Waals surface area contributed by atoms with Gasteiger partial charge in [0.25, 0.3) is 0 Å². The molecule has 2 atom stereocenters. The van der Waals surface area contributed by atoms with Crippen molar-refractivity contribution in [3.8, 4) is 16.9 Å². The molecule has 2 unspecified atom stereocenters. The molecule has 0 aromatic heterocycles. The van der Waals surface area contributed by atoms with Gasteiger partial charge in [0.15, 0.2) is 0 Å². The van der Waals surface area contributed by atoms with Crippen molar-refractivity contribution in [2.24, 2.45) is 0 Å². The lowest BCUT2D eigenvalue weighted by atomic mass is 10.1. The molecular formula is C27H31N3O5S. The zero-order valence-electron chi connectivity index (χ0n) is 20.3. The number of carbonyl (C=O) groups excluding carboxylic acids is 1. The monoisotopic (exact) mass is 509 g/mol. The second-order valence-corrected chi connectivity index (χ2v) is 9.34. The maximum absolute atomic E-state index is 13.3. The third kappa shape index (κ3) is 7.66. The average molecular weight is 510 g/mol. The number of unbranched alkanes of at least 4 members (excludes halogenated alkanes) is 1. The van der Waals surface area contributed by atoms with Gasteiger partial charge in [-0.05, 0) is 47.4 Å². The fourth-order valence-corrected chi connectivity index (χ4v) is 4.75. The molecule has 0 spiro atoms. The molecular weight excluding hydrogens is 478 g/mol. The van der Waals surface area contributed by atoms with Crippen LogP contribution in [0.2, 0.25) is 0 Å². The zero-order valence-corrected chi connectivity index (χ0v) is 21.1. The summed E-state index contributed by atoms with van der Waals surface area (Å²) in [4.78, 5) is 23.8. The Kier molecular flexibility index (Phi) is 10.0. The van der Waals surface area contributed by atoms with E-state index in [1.165, 1.54) is 7.11 Å². The molecule has 0 radical (unpaired) electrons. The number of carbonyl (C=O) groups is 2. The van der Waals surface area contributed by atoms with Crippen molar-refractivity contribution in [1.29, 1.82) is 0 Å². The van der Waals surface area contributed by atoms with Gasteiger partial charge in [-0.3, -0.25) is 4.79 Å².